The van der Waals surface area contributed by atoms with Crippen LogP contribution in [0, 0.1) is 0 Å². The van der Waals surface area contributed by atoms with Gasteiger partial charge in [0, 0.05) is 18.7 Å². The van der Waals surface area contributed by atoms with E-state index in [9.17, 15) is 14.4 Å². The van der Waals surface area contributed by atoms with Crippen LogP contribution in [0.3, 0.4) is 0 Å². The molecule has 1 saturated heterocycles. The molecule has 0 aromatic heterocycles. The van der Waals surface area contributed by atoms with Gasteiger partial charge in [-0.15, -0.1) is 0 Å². The Hall–Kier alpha value is -3.35. The fourth-order valence-corrected chi connectivity index (χ4v) is 3.21. The number of piperidine rings is 1. The highest BCUT2D eigenvalue weighted by molar-refractivity contribution is 5.96. The Morgan fingerprint density at radius 1 is 0.933 bits per heavy atom. The fraction of sp³-hybridized carbons (Fsp3) is 0.348. The van der Waals surface area contributed by atoms with Crippen LogP contribution in [0.25, 0.3) is 0 Å². The Kier molecular flexibility index (Phi) is 7.43. The lowest BCUT2D eigenvalue weighted by Crippen LogP contribution is -2.43. The molecular weight excluding hydrogens is 384 g/mol. The van der Waals surface area contributed by atoms with Gasteiger partial charge in [0.2, 0.25) is 0 Å². The summed E-state index contributed by atoms with van der Waals surface area (Å²) in [4.78, 5) is 38.3. The van der Waals surface area contributed by atoms with Gasteiger partial charge in [0.05, 0.1) is 0 Å². The van der Waals surface area contributed by atoms with E-state index in [0.29, 0.717) is 30.2 Å². The first-order chi connectivity index (χ1) is 14.5. The van der Waals surface area contributed by atoms with Crippen molar-refractivity contribution in [1.82, 2.24) is 10.2 Å². The van der Waals surface area contributed by atoms with Crippen LogP contribution in [0.2, 0.25) is 0 Å². The van der Waals surface area contributed by atoms with Crippen LogP contribution >= 0.6 is 0 Å². The van der Waals surface area contributed by atoms with E-state index >= 15 is 0 Å². The molecule has 0 aliphatic carbocycles. The van der Waals surface area contributed by atoms with E-state index < -0.39 is 18.0 Å². The minimum Gasteiger partial charge on any atom is -0.457 e. The molecule has 0 radical (unpaired) electrons. The highest BCUT2D eigenvalue weighted by Gasteiger charge is 2.25. The lowest BCUT2D eigenvalue weighted by Gasteiger charge is -2.28. The van der Waals surface area contributed by atoms with Crippen molar-refractivity contribution in [3.63, 3.8) is 0 Å². The summed E-state index contributed by atoms with van der Waals surface area (Å²) in [5.74, 6) is 0.0507. The molecule has 0 bridgehead atoms. The van der Waals surface area contributed by atoms with Gasteiger partial charge < -0.3 is 19.7 Å². The number of para-hydroxylation sites is 1. The molecule has 30 heavy (non-hydrogen) atoms. The Bertz CT molecular complexity index is 861. The molecule has 1 N–H and O–H groups in total. The van der Waals surface area contributed by atoms with Gasteiger partial charge >= 0.3 is 5.97 Å². The summed E-state index contributed by atoms with van der Waals surface area (Å²) in [6.07, 6.45) is 2.19. The lowest BCUT2D eigenvalue weighted by molar-refractivity contribution is -0.158. The Morgan fingerprint density at radius 3 is 2.23 bits per heavy atom. The second-order valence-corrected chi connectivity index (χ2v) is 7.14. The summed E-state index contributed by atoms with van der Waals surface area (Å²) in [7, 11) is 0. The van der Waals surface area contributed by atoms with Crippen LogP contribution in [-0.4, -0.2) is 48.4 Å². The monoisotopic (exact) mass is 410 g/mol. The average molecular weight is 410 g/mol. The first-order valence-corrected chi connectivity index (χ1v) is 10.1. The summed E-state index contributed by atoms with van der Waals surface area (Å²) in [5.41, 5.74) is 0.389. The van der Waals surface area contributed by atoms with Crippen LogP contribution in [-0.2, 0) is 14.3 Å². The SMILES string of the molecule is C[C@@H](OC(=O)CNC(=O)c1ccc(Oc2ccccc2)cc1)C(=O)N1CCCCC1. The van der Waals surface area contributed by atoms with Crippen LogP contribution in [0.1, 0.15) is 36.5 Å². The van der Waals surface area contributed by atoms with Gasteiger partial charge in [0.1, 0.15) is 18.0 Å². The van der Waals surface area contributed by atoms with Crippen molar-refractivity contribution in [2.75, 3.05) is 19.6 Å². The minimum absolute atomic E-state index is 0.191. The van der Waals surface area contributed by atoms with Crippen molar-refractivity contribution < 1.29 is 23.9 Å². The molecule has 7 nitrogen and oxygen atoms in total. The molecule has 158 valence electrons. The lowest BCUT2D eigenvalue weighted by atomic mass is 10.1. The molecule has 1 fully saturated rings. The summed E-state index contributed by atoms with van der Waals surface area (Å²) in [5, 5.41) is 2.51. The predicted octanol–water partition coefficient (Wildman–Crippen LogP) is 3.15. The van der Waals surface area contributed by atoms with Gasteiger partial charge in [-0.1, -0.05) is 18.2 Å². The Balaban J connectivity index is 1.44. The number of hydrogen-bond donors (Lipinski definition) is 1. The fourth-order valence-electron chi connectivity index (χ4n) is 3.21. The van der Waals surface area contributed by atoms with Crippen LogP contribution in [0.5, 0.6) is 11.5 Å². The first-order valence-electron chi connectivity index (χ1n) is 10.1. The molecule has 1 aliphatic rings. The third-order valence-corrected chi connectivity index (χ3v) is 4.81. The highest BCUT2D eigenvalue weighted by atomic mass is 16.5. The Labute approximate surface area is 176 Å². The Morgan fingerprint density at radius 2 is 1.57 bits per heavy atom. The number of carbonyl (C=O) groups is 3. The second-order valence-electron chi connectivity index (χ2n) is 7.14. The van der Waals surface area contributed by atoms with Crippen molar-refractivity contribution in [3.8, 4) is 11.5 Å². The molecule has 1 aliphatic heterocycles. The summed E-state index contributed by atoms with van der Waals surface area (Å²) >= 11 is 0. The largest absolute Gasteiger partial charge is 0.457 e. The number of nitrogens with zero attached hydrogens (tertiary/aromatic N) is 1. The molecule has 0 spiro atoms. The van der Waals surface area contributed by atoms with E-state index in [2.05, 4.69) is 5.32 Å². The smallest absolute Gasteiger partial charge is 0.326 e. The van der Waals surface area contributed by atoms with E-state index in [0.717, 1.165) is 19.3 Å². The van der Waals surface area contributed by atoms with E-state index in [4.69, 9.17) is 9.47 Å². The number of ether oxygens (including phenoxy) is 2. The normalized spacial score (nSPS) is 14.5. The van der Waals surface area contributed by atoms with Gasteiger partial charge in [0.15, 0.2) is 6.10 Å². The van der Waals surface area contributed by atoms with Gasteiger partial charge in [-0.05, 0) is 62.6 Å². The van der Waals surface area contributed by atoms with Gasteiger partial charge in [0.25, 0.3) is 11.8 Å². The zero-order valence-corrected chi connectivity index (χ0v) is 17.0. The zero-order chi connectivity index (χ0) is 21.3. The number of nitrogens with one attached hydrogen (secondary N) is 1. The molecule has 2 amide bonds. The first kappa shape index (κ1) is 21.4. The molecule has 1 heterocycles. The molecule has 0 unspecified atom stereocenters. The third kappa shape index (κ3) is 6.07. The second kappa shape index (κ2) is 10.4. The van der Waals surface area contributed by atoms with Crippen LogP contribution < -0.4 is 10.1 Å². The number of likely N-dealkylation sites (tertiary alicyclic amines) is 1. The molecular formula is C23H26N2O5. The summed E-state index contributed by atoms with van der Waals surface area (Å²) in [6.45, 7) is 2.64. The van der Waals surface area contributed by atoms with Gasteiger partial charge in [-0.25, -0.2) is 0 Å². The number of hydrogen-bond acceptors (Lipinski definition) is 5. The number of amides is 2. The number of rotatable bonds is 7. The maximum absolute atomic E-state index is 12.3. The standard InChI is InChI=1S/C23H26N2O5/c1-17(23(28)25-14-6-3-7-15-25)29-21(26)16-24-22(27)18-10-12-20(13-11-18)30-19-8-4-2-5-9-19/h2,4-5,8-13,17H,3,6-7,14-16H2,1H3,(H,24,27)/t17-/m1/s1. The molecule has 3 rings (SSSR count). The topological polar surface area (TPSA) is 84.9 Å². The highest BCUT2D eigenvalue weighted by Crippen LogP contribution is 2.21. The van der Waals surface area contributed by atoms with Crippen LogP contribution in [0.4, 0.5) is 0 Å². The number of carbonyl (C=O) groups excluding carboxylic acids is 3. The van der Waals surface area contributed by atoms with Gasteiger partial charge in [-0.3, -0.25) is 14.4 Å². The molecule has 2 aromatic rings. The molecule has 2 aromatic carbocycles. The van der Waals surface area contributed by atoms with Crippen molar-refractivity contribution >= 4 is 17.8 Å². The van der Waals surface area contributed by atoms with E-state index in [1.807, 2.05) is 30.3 Å². The number of esters is 1. The summed E-state index contributed by atoms with van der Waals surface area (Å²) < 4.78 is 10.9. The maximum atomic E-state index is 12.3. The van der Waals surface area contributed by atoms with E-state index in [1.165, 1.54) is 0 Å². The van der Waals surface area contributed by atoms with Crippen LogP contribution in [0.15, 0.2) is 54.6 Å². The third-order valence-electron chi connectivity index (χ3n) is 4.81. The predicted molar refractivity (Wildman–Crippen MR) is 111 cm³/mol. The van der Waals surface area contributed by atoms with Gasteiger partial charge in [-0.2, -0.15) is 0 Å². The summed E-state index contributed by atoms with van der Waals surface area (Å²) in [6, 6.07) is 15.9. The van der Waals surface area contributed by atoms with Crippen molar-refractivity contribution in [3.05, 3.63) is 60.2 Å². The zero-order valence-electron chi connectivity index (χ0n) is 17.0. The van der Waals surface area contributed by atoms with Crippen molar-refractivity contribution in [2.24, 2.45) is 0 Å². The number of benzene rings is 2. The average Bonchev–Trinajstić information content (AvgIpc) is 2.78. The van der Waals surface area contributed by atoms with Crippen molar-refractivity contribution in [2.45, 2.75) is 32.3 Å². The van der Waals surface area contributed by atoms with Crippen molar-refractivity contribution in [1.29, 1.82) is 0 Å². The maximum Gasteiger partial charge on any atom is 0.326 e. The minimum atomic E-state index is -0.859. The molecule has 7 heteroatoms. The van der Waals surface area contributed by atoms with E-state index in [1.54, 1.807) is 36.1 Å². The molecule has 1 atom stereocenters. The molecule has 0 saturated carbocycles. The van der Waals surface area contributed by atoms with E-state index in [-0.39, 0.29) is 12.5 Å². The quantitative estimate of drug-likeness (QED) is 0.709.